The largest absolute Gasteiger partial charge is 0.348 e. The zero-order valence-corrected chi connectivity index (χ0v) is 13.1. The van der Waals surface area contributed by atoms with Gasteiger partial charge in [-0.2, -0.15) is 0 Å². The first-order valence-electron chi connectivity index (χ1n) is 7.90. The molecule has 22 heavy (non-hydrogen) atoms. The Morgan fingerprint density at radius 1 is 1.23 bits per heavy atom. The topological polar surface area (TPSA) is 32.3 Å². The minimum Gasteiger partial charge on any atom is -0.348 e. The normalized spacial score (nSPS) is 27.0. The fourth-order valence-electron chi connectivity index (χ4n) is 3.81. The van der Waals surface area contributed by atoms with Crippen molar-refractivity contribution < 1.29 is 4.79 Å². The van der Waals surface area contributed by atoms with Crippen LogP contribution in [0.2, 0.25) is 5.02 Å². The number of halogens is 1. The lowest BCUT2D eigenvalue weighted by Gasteiger charge is -2.30. The summed E-state index contributed by atoms with van der Waals surface area (Å²) in [6.45, 7) is 3.37. The van der Waals surface area contributed by atoms with Crippen molar-refractivity contribution >= 4 is 28.3 Å². The van der Waals surface area contributed by atoms with Crippen LogP contribution >= 0.6 is 11.6 Å². The van der Waals surface area contributed by atoms with E-state index in [0.29, 0.717) is 10.6 Å². The van der Waals surface area contributed by atoms with Gasteiger partial charge >= 0.3 is 0 Å². The Balaban J connectivity index is 1.54. The molecule has 0 saturated carbocycles. The van der Waals surface area contributed by atoms with Gasteiger partial charge in [-0.05, 0) is 48.9 Å². The van der Waals surface area contributed by atoms with E-state index in [2.05, 4.69) is 10.2 Å². The number of amides is 1. The van der Waals surface area contributed by atoms with Gasteiger partial charge in [0.15, 0.2) is 0 Å². The molecule has 1 unspecified atom stereocenters. The molecule has 3 atom stereocenters. The maximum Gasteiger partial charge on any atom is 0.251 e. The number of piperidine rings is 1. The van der Waals surface area contributed by atoms with Gasteiger partial charge < -0.3 is 10.2 Å². The third-order valence-electron chi connectivity index (χ3n) is 4.89. The van der Waals surface area contributed by atoms with E-state index in [0.717, 1.165) is 29.7 Å². The van der Waals surface area contributed by atoms with Gasteiger partial charge in [-0.25, -0.2) is 0 Å². The van der Waals surface area contributed by atoms with Crippen LogP contribution in [-0.4, -0.2) is 36.5 Å². The third-order valence-corrected chi connectivity index (χ3v) is 5.22. The van der Waals surface area contributed by atoms with Crippen molar-refractivity contribution in [2.24, 2.45) is 5.92 Å². The molecule has 114 valence electrons. The molecule has 2 aliphatic rings. The van der Waals surface area contributed by atoms with Crippen LogP contribution in [0, 0.1) is 5.92 Å². The molecule has 0 spiro atoms. The zero-order chi connectivity index (χ0) is 15.1. The van der Waals surface area contributed by atoms with Crippen molar-refractivity contribution in [3.63, 3.8) is 0 Å². The Kier molecular flexibility index (Phi) is 3.55. The summed E-state index contributed by atoms with van der Waals surface area (Å²) in [5.41, 5.74) is 0.688. The van der Waals surface area contributed by atoms with Gasteiger partial charge in [0.1, 0.15) is 0 Å². The molecule has 2 aromatic rings. The van der Waals surface area contributed by atoms with Gasteiger partial charge in [0, 0.05) is 35.1 Å². The fraction of sp³-hybridized carbons (Fsp3) is 0.389. The monoisotopic (exact) mass is 314 g/mol. The van der Waals surface area contributed by atoms with E-state index < -0.39 is 0 Å². The maximum absolute atomic E-state index is 12.5. The number of nitrogens with one attached hydrogen (secondary N) is 1. The number of rotatable bonds is 2. The van der Waals surface area contributed by atoms with Gasteiger partial charge in [-0.15, -0.1) is 0 Å². The van der Waals surface area contributed by atoms with Gasteiger partial charge in [0.2, 0.25) is 0 Å². The number of hydrogen-bond acceptors (Lipinski definition) is 2. The van der Waals surface area contributed by atoms with E-state index in [9.17, 15) is 4.79 Å². The molecule has 0 aliphatic carbocycles. The van der Waals surface area contributed by atoms with E-state index in [1.54, 1.807) is 0 Å². The van der Waals surface area contributed by atoms with Gasteiger partial charge in [0.05, 0.1) is 0 Å². The minimum absolute atomic E-state index is 0.00863. The molecule has 2 heterocycles. The maximum atomic E-state index is 12.5. The smallest absolute Gasteiger partial charge is 0.251 e. The van der Waals surface area contributed by atoms with Crippen LogP contribution in [-0.2, 0) is 0 Å². The lowest BCUT2D eigenvalue weighted by molar-refractivity contribution is 0.0909. The SMILES string of the molecule is O=C(N[C@@H]1C[C@@H]2CCN(C2)C1)c1ccc2cccc(Cl)c2c1. The standard InChI is InChI=1S/C18H19ClN2O/c19-17-3-1-2-13-4-5-14(9-16(13)17)18(22)20-15-8-12-6-7-21(10-12)11-15/h1-5,9,12,15H,6-8,10-11H2,(H,20,22)/t12-,15+/m0/s1. The number of carbonyl (C=O) groups is 1. The van der Waals surface area contributed by atoms with Crippen molar-refractivity contribution in [1.29, 1.82) is 0 Å². The quantitative estimate of drug-likeness (QED) is 0.922. The summed E-state index contributed by atoms with van der Waals surface area (Å²) in [7, 11) is 0. The average molecular weight is 315 g/mol. The predicted octanol–water partition coefficient (Wildman–Crippen LogP) is 3.32. The van der Waals surface area contributed by atoms with E-state index in [4.69, 9.17) is 11.6 Å². The first-order valence-corrected chi connectivity index (χ1v) is 8.28. The van der Waals surface area contributed by atoms with Crippen molar-refractivity contribution in [2.45, 2.75) is 18.9 Å². The lowest BCUT2D eigenvalue weighted by Crippen LogP contribution is -2.47. The van der Waals surface area contributed by atoms with Crippen molar-refractivity contribution in [2.75, 3.05) is 19.6 Å². The number of benzene rings is 2. The second kappa shape index (κ2) is 5.56. The summed E-state index contributed by atoms with van der Waals surface area (Å²) in [5, 5.41) is 5.88. The van der Waals surface area contributed by atoms with Crippen molar-refractivity contribution in [1.82, 2.24) is 10.2 Å². The number of fused-ring (bicyclic) bond motifs is 3. The van der Waals surface area contributed by atoms with E-state index >= 15 is 0 Å². The number of nitrogens with zero attached hydrogens (tertiary/aromatic N) is 1. The highest BCUT2D eigenvalue weighted by atomic mass is 35.5. The summed E-state index contributed by atoms with van der Waals surface area (Å²) >= 11 is 6.23. The van der Waals surface area contributed by atoms with Gasteiger partial charge in [0.25, 0.3) is 5.91 Å². The van der Waals surface area contributed by atoms with E-state index in [1.165, 1.54) is 19.5 Å². The second-order valence-corrected chi connectivity index (χ2v) is 6.90. The molecule has 0 radical (unpaired) electrons. The molecule has 2 fully saturated rings. The van der Waals surface area contributed by atoms with Crippen LogP contribution in [0.5, 0.6) is 0 Å². The summed E-state index contributed by atoms with van der Waals surface area (Å²) in [5.74, 6) is 0.763. The van der Waals surface area contributed by atoms with E-state index in [-0.39, 0.29) is 11.9 Å². The molecule has 2 aliphatic heterocycles. The van der Waals surface area contributed by atoms with E-state index in [1.807, 2.05) is 36.4 Å². The van der Waals surface area contributed by atoms with Gasteiger partial charge in [-0.1, -0.05) is 29.8 Å². The fourth-order valence-corrected chi connectivity index (χ4v) is 4.05. The average Bonchev–Trinajstić information content (AvgIpc) is 2.86. The molecule has 3 nitrogen and oxygen atoms in total. The molecule has 2 bridgehead atoms. The highest BCUT2D eigenvalue weighted by Crippen LogP contribution is 2.27. The first-order chi connectivity index (χ1) is 10.7. The molecule has 1 N–H and O–H groups in total. The van der Waals surface area contributed by atoms with Crippen LogP contribution in [0.3, 0.4) is 0 Å². The highest BCUT2D eigenvalue weighted by Gasteiger charge is 2.32. The second-order valence-electron chi connectivity index (χ2n) is 6.50. The lowest BCUT2D eigenvalue weighted by atomic mass is 9.96. The third kappa shape index (κ3) is 2.59. The molecule has 1 amide bonds. The number of carbonyl (C=O) groups excluding carboxylic acids is 1. The Bertz CT molecular complexity index is 718. The first kappa shape index (κ1) is 14.0. The van der Waals surface area contributed by atoms with Gasteiger partial charge in [-0.3, -0.25) is 4.79 Å². The van der Waals surface area contributed by atoms with Crippen molar-refractivity contribution in [3.05, 3.63) is 47.0 Å². The Morgan fingerprint density at radius 2 is 2.14 bits per heavy atom. The highest BCUT2D eigenvalue weighted by molar-refractivity contribution is 6.35. The summed E-state index contributed by atoms with van der Waals surface area (Å²) in [6, 6.07) is 11.8. The summed E-state index contributed by atoms with van der Waals surface area (Å²) < 4.78 is 0. The van der Waals surface area contributed by atoms with Crippen LogP contribution in [0.1, 0.15) is 23.2 Å². The Morgan fingerprint density at radius 3 is 3.00 bits per heavy atom. The van der Waals surface area contributed by atoms with Crippen LogP contribution in [0.4, 0.5) is 0 Å². The molecule has 2 aromatic carbocycles. The molecule has 2 saturated heterocycles. The summed E-state index contributed by atoms with van der Waals surface area (Å²) in [6.07, 6.45) is 2.38. The van der Waals surface area contributed by atoms with Crippen LogP contribution in [0.25, 0.3) is 10.8 Å². The number of hydrogen-bond donors (Lipinski definition) is 1. The molecule has 0 aromatic heterocycles. The molecule has 4 heteroatoms. The van der Waals surface area contributed by atoms with Crippen LogP contribution in [0.15, 0.2) is 36.4 Å². The zero-order valence-electron chi connectivity index (χ0n) is 12.4. The van der Waals surface area contributed by atoms with Crippen molar-refractivity contribution in [3.8, 4) is 0 Å². The molecular weight excluding hydrogens is 296 g/mol. The molecule has 4 rings (SSSR count). The Labute approximate surface area is 135 Å². The predicted molar refractivity (Wildman–Crippen MR) is 89.4 cm³/mol. The summed E-state index contributed by atoms with van der Waals surface area (Å²) in [4.78, 5) is 15.0. The molecular formula is C18H19ClN2O. The van der Waals surface area contributed by atoms with Crippen LogP contribution < -0.4 is 5.32 Å². The Hall–Kier alpha value is -1.58. The minimum atomic E-state index is 0.00863.